The normalized spacial score (nSPS) is 11.8. The number of hydrogen-bond donors (Lipinski definition) is 2. The van der Waals surface area contributed by atoms with Crippen molar-refractivity contribution in [2.24, 2.45) is 0 Å². The highest BCUT2D eigenvalue weighted by Gasteiger charge is 2.09. The topological polar surface area (TPSA) is 58.2 Å². The van der Waals surface area contributed by atoms with E-state index in [0.717, 1.165) is 16.8 Å². The molecule has 0 saturated carbocycles. The van der Waals surface area contributed by atoms with Crippen LogP contribution in [0.25, 0.3) is 0 Å². The number of nitrogens with one attached hydrogen (secondary N) is 2. The molecular weight excluding hydrogens is 315 g/mol. The van der Waals surface area contributed by atoms with Gasteiger partial charge in [-0.1, -0.05) is 18.2 Å². The minimum absolute atomic E-state index is 0.0781. The van der Waals surface area contributed by atoms with Crippen molar-refractivity contribution >= 4 is 28.1 Å². The number of carbonyl (C=O) groups is 1. The summed E-state index contributed by atoms with van der Waals surface area (Å²) in [4.78, 5) is 12.1. The van der Waals surface area contributed by atoms with Gasteiger partial charge in [0.05, 0.1) is 22.2 Å². The van der Waals surface area contributed by atoms with E-state index in [1.165, 1.54) is 24.5 Å². The Kier molecular flexibility index (Phi) is 5.50. The van der Waals surface area contributed by atoms with Crippen LogP contribution in [-0.4, -0.2) is 22.9 Å². The molecule has 6 heteroatoms. The molecule has 0 fully saturated rings. The molecule has 0 aliphatic rings. The Morgan fingerprint density at radius 2 is 1.83 bits per heavy atom. The first-order valence-corrected chi connectivity index (χ1v) is 8.67. The van der Waals surface area contributed by atoms with Crippen molar-refractivity contribution in [2.75, 3.05) is 23.4 Å². The van der Waals surface area contributed by atoms with Crippen LogP contribution in [0.3, 0.4) is 0 Å². The Bertz CT molecular complexity index is 742. The summed E-state index contributed by atoms with van der Waals surface area (Å²) in [7, 11) is -1.40. The number of halogens is 1. The molecule has 2 aromatic rings. The third kappa shape index (κ3) is 4.39. The molecule has 0 radical (unpaired) electrons. The monoisotopic (exact) mass is 334 g/mol. The molecule has 122 valence electrons. The molecule has 0 aliphatic heterocycles. The van der Waals surface area contributed by atoms with Crippen molar-refractivity contribution in [3.05, 3.63) is 53.3 Å². The number of carbonyl (C=O) groups excluding carboxylic acids is 1. The number of amides is 1. The lowest BCUT2D eigenvalue weighted by atomic mass is 10.1. The highest BCUT2D eigenvalue weighted by Crippen LogP contribution is 2.19. The fourth-order valence-corrected chi connectivity index (χ4v) is 2.87. The highest BCUT2D eigenvalue weighted by atomic mass is 32.2. The van der Waals surface area contributed by atoms with Crippen LogP contribution in [0.2, 0.25) is 0 Å². The molecule has 0 spiro atoms. The van der Waals surface area contributed by atoms with Gasteiger partial charge in [0.1, 0.15) is 5.82 Å². The van der Waals surface area contributed by atoms with E-state index in [4.69, 9.17) is 0 Å². The molecule has 0 unspecified atom stereocenters. The average Bonchev–Trinajstić information content (AvgIpc) is 2.46. The van der Waals surface area contributed by atoms with Gasteiger partial charge in [0.2, 0.25) is 5.91 Å². The molecule has 4 nitrogen and oxygen atoms in total. The standard InChI is InChI=1S/C17H19FN2O2S/c1-11-5-4-6-12(2)17(11)19-10-16(21)20-13-7-8-15(23(3)22)14(18)9-13/h4-9,19H,10H2,1-3H3,(H,20,21)/t23-/m1/s1. The molecule has 1 amide bonds. The summed E-state index contributed by atoms with van der Waals surface area (Å²) in [6.07, 6.45) is 1.41. The van der Waals surface area contributed by atoms with Gasteiger partial charge in [-0.2, -0.15) is 0 Å². The molecule has 2 rings (SSSR count). The Labute approximate surface area is 137 Å². The van der Waals surface area contributed by atoms with E-state index in [0.29, 0.717) is 5.69 Å². The Balaban J connectivity index is 2.00. The fourth-order valence-electron chi connectivity index (χ4n) is 2.28. The predicted octanol–water partition coefficient (Wildman–Crippen LogP) is 3.23. The highest BCUT2D eigenvalue weighted by molar-refractivity contribution is 7.84. The number of para-hydroxylation sites is 1. The van der Waals surface area contributed by atoms with Gasteiger partial charge in [-0.05, 0) is 43.2 Å². The lowest BCUT2D eigenvalue weighted by Gasteiger charge is -2.13. The molecule has 1 atom stereocenters. The zero-order chi connectivity index (χ0) is 17.0. The molecule has 0 aromatic heterocycles. The number of aryl methyl sites for hydroxylation is 2. The maximum Gasteiger partial charge on any atom is 0.243 e. The third-order valence-electron chi connectivity index (χ3n) is 3.43. The van der Waals surface area contributed by atoms with Gasteiger partial charge in [-0.15, -0.1) is 0 Å². The van der Waals surface area contributed by atoms with E-state index in [2.05, 4.69) is 10.6 Å². The largest absolute Gasteiger partial charge is 0.376 e. The van der Waals surface area contributed by atoms with Crippen LogP contribution in [-0.2, 0) is 15.6 Å². The van der Waals surface area contributed by atoms with Crippen LogP contribution in [0.4, 0.5) is 15.8 Å². The zero-order valence-electron chi connectivity index (χ0n) is 13.3. The summed E-state index contributed by atoms with van der Waals surface area (Å²) in [5.74, 6) is -0.872. The van der Waals surface area contributed by atoms with Crippen molar-refractivity contribution in [3.63, 3.8) is 0 Å². The summed E-state index contributed by atoms with van der Waals surface area (Å²) >= 11 is 0. The second-order valence-electron chi connectivity index (χ2n) is 5.27. The predicted molar refractivity (Wildman–Crippen MR) is 91.8 cm³/mol. The van der Waals surface area contributed by atoms with Crippen molar-refractivity contribution in [1.29, 1.82) is 0 Å². The zero-order valence-corrected chi connectivity index (χ0v) is 14.1. The SMILES string of the molecule is Cc1cccc(C)c1NCC(=O)Nc1ccc([S@@](C)=O)c(F)c1. The van der Waals surface area contributed by atoms with E-state index in [1.807, 2.05) is 32.0 Å². The lowest BCUT2D eigenvalue weighted by molar-refractivity contribution is -0.114. The van der Waals surface area contributed by atoms with Gasteiger partial charge >= 0.3 is 0 Å². The van der Waals surface area contributed by atoms with Crippen LogP contribution in [0, 0.1) is 19.7 Å². The van der Waals surface area contributed by atoms with Crippen LogP contribution in [0.5, 0.6) is 0 Å². The molecule has 23 heavy (non-hydrogen) atoms. The number of benzene rings is 2. The number of rotatable bonds is 5. The van der Waals surface area contributed by atoms with Gasteiger partial charge in [-0.25, -0.2) is 4.39 Å². The van der Waals surface area contributed by atoms with Gasteiger partial charge < -0.3 is 10.6 Å². The van der Waals surface area contributed by atoms with Crippen molar-refractivity contribution in [1.82, 2.24) is 0 Å². The molecule has 0 saturated heterocycles. The van der Waals surface area contributed by atoms with Crippen LogP contribution >= 0.6 is 0 Å². The van der Waals surface area contributed by atoms with Gasteiger partial charge in [-0.3, -0.25) is 9.00 Å². The van der Waals surface area contributed by atoms with Crippen molar-refractivity contribution in [2.45, 2.75) is 18.7 Å². The molecular formula is C17H19FN2O2S. The first kappa shape index (κ1) is 17.1. The fraction of sp³-hybridized carbons (Fsp3) is 0.235. The second kappa shape index (κ2) is 7.37. The van der Waals surface area contributed by atoms with Gasteiger partial charge in [0.15, 0.2) is 0 Å². The van der Waals surface area contributed by atoms with Crippen molar-refractivity contribution < 1.29 is 13.4 Å². The maximum atomic E-state index is 13.7. The number of hydrogen-bond acceptors (Lipinski definition) is 3. The van der Waals surface area contributed by atoms with Crippen LogP contribution in [0.15, 0.2) is 41.3 Å². The Morgan fingerprint density at radius 1 is 1.17 bits per heavy atom. The third-order valence-corrected chi connectivity index (χ3v) is 4.38. The summed E-state index contributed by atoms with van der Waals surface area (Å²) in [6.45, 7) is 4.01. The van der Waals surface area contributed by atoms with Gasteiger partial charge in [0, 0.05) is 17.6 Å². The van der Waals surface area contributed by atoms with E-state index in [9.17, 15) is 13.4 Å². The Hall–Kier alpha value is -2.21. The summed E-state index contributed by atoms with van der Waals surface area (Å²) in [5, 5.41) is 5.71. The second-order valence-corrected chi connectivity index (χ2v) is 6.62. The summed E-state index contributed by atoms with van der Waals surface area (Å²) in [5.41, 5.74) is 3.37. The minimum atomic E-state index is -1.40. The summed E-state index contributed by atoms with van der Waals surface area (Å²) < 4.78 is 25.0. The van der Waals surface area contributed by atoms with Crippen LogP contribution in [0.1, 0.15) is 11.1 Å². The van der Waals surface area contributed by atoms with E-state index < -0.39 is 16.6 Å². The molecule has 0 aliphatic carbocycles. The molecule has 0 heterocycles. The quantitative estimate of drug-likeness (QED) is 0.882. The maximum absolute atomic E-state index is 13.7. The van der Waals surface area contributed by atoms with Crippen LogP contribution < -0.4 is 10.6 Å². The molecule has 2 aromatic carbocycles. The van der Waals surface area contributed by atoms with E-state index in [1.54, 1.807) is 0 Å². The van der Waals surface area contributed by atoms with E-state index in [-0.39, 0.29) is 17.3 Å². The number of anilines is 2. The van der Waals surface area contributed by atoms with E-state index >= 15 is 0 Å². The lowest BCUT2D eigenvalue weighted by Crippen LogP contribution is -2.22. The van der Waals surface area contributed by atoms with Crippen molar-refractivity contribution in [3.8, 4) is 0 Å². The average molecular weight is 334 g/mol. The first-order valence-electron chi connectivity index (χ1n) is 7.11. The molecule has 2 N–H and O–H groups in total. The molecule has 0 bridgehead atoms. The Morgan fingerprint density at radius 3 is 2.39 bits per heavy atom. The first-order chi connectivity index (χ1) is 10.9. The summed E-state index contributed by atoms with van der Waals surface area (Å²) in [6, 6.07) is 10.0. The van der Waals surface area contributed by atoms with Gasteiger partial charge in [0.25, 0.3) is 0 Å². The minimum Gasteiger partial charge on any atom is -0.376 e. The smallest absolute Gasteiger partial charge is 0.243 e.